The smallest absolute Gasteiger partial charge is 0.407 e. The number of halogens is 1. The Labute approximate surface area is 143 Å². The van der Waals surface area contributed by atoms with Crippen molar-refractivity contribution in [2.45, 2.75) is 72.5 Å². The molecule has 0 aliphatic heterocycles. The third kappa shape index (κ3) is 12.2. The summed E-state index contributed by atoms with van der Waals surface area (Å²) in [4.78, 5) is 11.7. The van der Waals surface area contributed by atoms with E-state index in [9.17, 15) is 4.79 Å². The van der Waals surface area contributed by atoms with E-state index in [1.807, 2.05) is 27.7 Å². The predicted octanol–water partition coefficient (Wildman–Crippen LogP) is 4.55. The lowest BCUT2D eigenvalue weighted by Crippen LogP contribution is -2.45. The van der Waals surface area contributed by atoms with Crippen molar-refractivity contribution >= 4 is 28.7 Å². The largest absolute Gasteiger partial charge is 0.444 e. The molecule has 0 aromatic heterocycles. The molecule has 0 saturated heterocycles. The lowest BCUT2D eigenvalue weighted by Gasteiger charge is -2.29. The molecule has 0 aliphatic carbocycles. The lowest BCUT2D eigenvalue weighted by molar-refractivity contribution is -0.0174. The number of ether oxygens (including phenoxy) is 2. The highest BCUT2D eigenvalue weighted by Gasteiger charge is 2.26. The standard InChI is InChI=1S/C16H32INO3/c1-14(2,3)9-8-10-20-16(7,11-17)12-18-13(19)21-15(4,5)6/h8-12H2,1-7H3,(H,18,19). The Morgan fingerprint density at radius 1 is 1.10 bits per heavy atom. The van der Waals surface area contributed by atoms with E-state index < -0.39 is 11.7 Å². The molecule has 21 heavy (non-hydrogen) atoms. The Bertz CT molecular complexity index is 320. The van der Waals surface area contributed by atoms with E-state index in [1.165, 1.54) is 0 Å². The second-order valence-corrected chi connectivity index (χ2v) is 8.71. The van der Waals surface area contributed by atoms with E-state index in [-0.39, 0.29) is 5.60 Å². The summed E-state index contributed by atoms with van der Waals surface area (Å²) >= 11 is 2.29. The molecular weight excluding hydrogens is 381 g/mol. The molecule has 0 bridgehead atoms. The van der Waals surface area contributed by atoms with Gasteiger partial charge in [0.15, 0.2) is 0 Å². The summed E-state index contributed by atoms with van der Waals surface area (Å²) in [6.07, 6.45) is 1.77. The maximum absolute atomic E-state index is 11.7. The first-order chi connectivity index (χ1) is 9.37. The highest BCUT2D eigenvalue weighted by Crippen LogP contribution is 2.22. The fourth-order valence-electron chi connectivity index (χ4n) is 1.63. The third-order valence-corrected chi connectivity index (χ3v) is 4.42. The summed E-state index contributed by atoms with van der Waals surface area (Å²) < 4.78 is 12.0. The molecule has 1 amide bonds. The molecule has 0 aromatic carbocycles. The summed E-state index contributed by atoms with van der Waals surface area (Å²) in [5.41, 5.74) is -0.493. The van der Waals surface area contributed by atoms with Crippen LogP contribution in [0.2, 0.25) is 0 Å². The molecule has 0 saturated carbocycles. The highest BCUT2D eigenvalue weighted by atomic mass is 127. The second-order valence-electron chi connectivity index (χ2n) is 7.95. The van der Waals surface area contributed by atoms with Crippen LogP contribution in [0.1, 0.15) is 61.3 Å². The van der Waals surface area contributed by atoms with Crippen LogP contribution in [0.25, 0.3) is 0 Å². The van der Waals surface area contributed by atoms with Crippen LogP contribution < -0.4 is 5.32 Å². The Hall–Kier alpha value is -0.0400. The van der Waals surface area contributed by atoms with Crippen molar-refractivity contribution in [3.8, 4) is 0 Å². The van der Waals surface area contributed by atoms with Gasteiger partial charge in [-0.15, -0.1) is 0 Å². The zero-order valence-corrected chi connectivity index (χ0v) is 16.8. The van der Waals surface area contributed by atoms with Gasteiger partial charge in [0.2, 0.25) is 0 Å². The van der Waals surface area contributed by atoms with Gasteiger partial charge in [0.1, 0.15) is 5.60 Å². The first-order valence-corrected chi connectivity index (χ1v) is 9.06. The van der Waals surface area contributed by atoms with Gasteiger partial charge in [-0.25, -0.2) is 4.79 Å². The lowest BCUT2D eigenvalue weighted by atomic mass is 9.91. The number of amides is 1. The number of carbonyl (C=O) groups excluding carboxylic acids is 1. The molecule has 0 radical (unpaired) electrons. The van der Waals surface area contributed by atoms with Crippen molar-refractivity contribution in [2.24, 2.45) is 5.41 Å². The number of rotatable bonds is 7. The predicted molar refractivity (Wildman–Crippen MR) is 96.2 cm³/mol. The number of hydrogen-bond donors (Lipinski definition) is 1. The molecule has 0 fully saturated rings. The van der Waals surface area contributed by atoms with Gasteiger partial charge in [-0.2, -0.15) is 0 Å². The number of nitrogens with one attached hydrogen (secondary N) is 1. The molecule has 1 unspecified atom stereocenters. The van der Waals surface area contributed by atoms with E-state index in [2.05, 4.69) is 48.7 Å². The highest BCUT2D eigenvalue weighted by molar-refractivity contribution is 14.1. The van der Waals surface area contributed by atoms with E-state index in [4.69, 9.17) is 9.47 Å². The van der Waals surface area contributed by atoms with E-state index in [0.29, 0.717) is 18.6 Å². The summed E-state index contributed by atoms with van der Waals surface area (Å²) in [6, 6.07) is 0. The zero-order chi connectivity index (χ0) is 16.7. The number of hydrogen-bond acceptors (Lipinski definition) is 3. The number of alkyl carbamates (subject to hydrolysis) is 1. The van der Waals surface area contributed by atoms with Crippen LogP contribution in [0.4, 0.5) is 4.79 Å². The molecular formula is C16H32INO3. The maximum Gasteiger partial charge on any atom is 0.407 e. The minimum absolute atomic E-state index is 0.332. The monoisotopic (exact) mass is 413 g/mol. The summed E-state index contributed by atoms with van der Waals surface area (Å²) in [7, 11) is 0. The fourth-order valence-corrected chi connectivity index (χ4v) is 2.12. The van der Waals surface area contributed by atoms with Crippen LogP contribution >= 0.6 is 22.6 Å². The van der Waals surface area contributed by atoms with Gasteiger partial charge in [-0.05, 0) is 46.0 Å². The number of alkyl halides is 1. The van der Waals surface area contributed by atoms with Crippen LogP contribution in [-0.4, -0.2) is 34.9 Å². The first kappa shape index (κ1) is 21.0. The first-order valence-electron chi connectivity index (χ1n) is 7.54. The Balaban J connectivity index is 4.13. The Morgan fingerprint density at radius 2 is 1.67 bits per heavy atom. The van der Waals surface area contributed by atoms with E-state index in [1.54, 1.807) is 0 Å². The Kier molecular flexibility index (Phi) is 8.54. The fraction of sp³-hybridized carbons (Fsp3) is 0.938. The molecule has 0 rings (SSSR count). The molecule has 1 N–H and O–H groups in total. The van der Waals surface area contributed by atoms with Crippen molar-refractivity contribution in [1.29, 1.82) is 0 Å². The van der Waals surface area contributed by atoms with Crippen molar-refractivity contribution in [3.05, 3.63) is 0 Å². The van der Waals surface area contributed by atoms with E-state index in [0.717, 1.165) is 17.3 Å². The SMILES string of the molecule is CC(C)(C)CCCOC(C)(CI)CNC(=O)OC(C)(C)C. The normalized spacial score (nSPS) is 15.4. The van der Waals surface area contributed by atoms with Crippen molar-refractivity contribution in [1.82, 2.24) is 5.32 Å². The quantitative estimate of drug-likeness (QED) is 0.379. The molecule has 126 valence electrons. The molecule has 5 heteroatoms. The summed E-state index contributed by atoms with van der Waals surface area (Å²) in [5, 5.41) is 2.80. The van der Waals surface area contributed by atoms with Gasteiger partial charge in [0, 0.05) is 11.0 Å². The van der Waals surface area contributed by atoms with Gasteiger partial charge >= 0.3 is 6.09 Å². The van der Waals surface area contributed by atoms with Crippen LogP contribution in [0.5, 0.6) is 0 Å². The summed E-state index contributed by atoms with van der Waals surface area (Å²) in [5.74, 6) is 0. The molecule has 1 atom stereocenters. The summed E-state index contributed by atoms with van der Waals surface area (Å²) in [6.45, 7) is 15.5. The van der Waals surface area contributed by atoms with Crippen molar-refractivity contribution in [2.75, 3.05) is 17.6 Å². The number of carbonyl (C=O) groups is 1. The molecule has 0 spiro atoms. The van der Waals surface area contributed by atoms with Gasteiger partial charge in [-0.3, -0.25) is 0 Å². The Morgan fingerprint density at radius 3 is 2.10 bits per heavy atom. The van der Waals surface area contributed by atoms with Crippen LogP contribution in [-0.2, 0) is 9.47 Å². The van der Waals surface area contributed by atoms with Crippen LogP contribution in [0.15, 0.2) is 0 Å². The molecule has 0 aromatic rings. The minimum Gasteiger partial charge on any atom is -0.444 e. The molecule has 0 heterocycles. The van der Waals surface area contributed by atoms with Gasteiger partial charge < -0.3 is 14.8 Å². The topological polar surface area (TPSA) is 47.6 Å². The van der Waals surface area contributed by atoms with Gasteiger partial charge in [-0.1, -0.05) is 43.4 Å². The maximum atomic E-state index is 11.7. The van der Waals surface area contributed by atoms with Crippen molar-refractivity contribution < 1.29 is 14.3 Å². The molecule has 0 aliphatic rings. The minimum atomic E-state index is -0.474. The second kappa shape index (κ2) is 8.56. The van der Waals surface area contributed by atoms with Crippen molar-refractivity contribution in [3.63, 3.8) is 0 Å². The van der Waals surface area contributed by atoms with Gasteiger partial charge in [0.25, 0.3) is 0 Å². The third-order valence-electron chi connectivity index (χ3n) is 2.81. The van der Waals surface area contributed by atoms with Gasteiger partial charge in [0.05, 0.1) is 12.1 Å². The van der Waals surface area contributed by atoms with Crippen LogP contribution in [0.3, 0.4) is 0 Å². The molecule has 4 nitrogen and oxygen atoms in total. The van der Waals surface area contributed by atoms with E-state index >= 15 is 0 Å². The average Bonchev–Trinajstić information content (AvgIpc) is 2.29. The van der Waals surface area contributed by atoms with Crippen LogP contribution in [0, 0.1) is 5.41 Å². The average molecular weight is 413 g/mol. The zero-order valence-electron chi connectivity index (χ0n) is 14.6.